The van der Waals surface area contributed by atoms with Crippen LogP contribution in [0, 0.1) is 13.8 Å². The normalized spacial score (nSPS) is 11.4. The molecule has 2 aromatic heterocycles. The van der Waals surface area contributed by atoms with E-state index in [1.54, 1.807) is 0 Å². The maximum Gasteiger partial charge on any atom is 0.259 e. The lowest BCUT2D eigenvalue weighted by molar-refractivity contribution is -0.119. The lowest BCUT2D eigenvalue weighted by atomic mass is 10.2. The molecule has 20 heavy (non-hydrogen) atoms. The van der Waals surface area contributed by atoms with E-state index < -0.39 is 5.91 Å². The maximum absolute atomic E-state index is 12.1. The summed E-state index contributed by atoms with van der Waals surface area (Å²) in [4.78, 5) is 34.0. The second kappa shape index (κ2) is 5.72. The molecule has 0 aliphatic heterocycles. The van der Waals surface area contributed by atoms with Crippen LogP contribution in [0.15, 0.2) is 4.79 Å². The minimum atomic E-state index is -0.391. The van der Waals surface area contributed by atoms with Gasteiger partial charge in [0.1, 0.15) is 10.7 Å². The van der Waals surface area contributed by atoms with Crippen LogP contribution >= 0.6 is 11.3 Å². The summed E-state index contributed by atoms with van der Waals surface area (Å²) in [6.45, 7) is 7.05. The van der Waals surface area contributed by atoms with Gasteiger partial charge in [-0.2, -0.15) is 0 Å². The van der Waals surface area contributed by atoms with Crippen molar-refractivity contribution in [1.29, 1.82) is 0 Å². The van der Waals surface area contributed by atoms with Gasteiger partial charge in [-0.05, 0) is 26.0 Å². The number of hydrogen-bond acceptors (Lipinski definition) is 5. The van der Waals surface area contributed by atoms with Gasteiger partial charge in [-0.15, -0.1) is 11.3 Å². The highest BCUT2D eigenvalue weighted by Gasteiger charge is 2.14. The minimum Gasteiger partial charge on any atom is -0.369 e. The molecule has 2 heterocycles. The first-order chi connectivity index (χ1) is 9.42. The van der Waals surface area contributed by atoms with Gasteiger partial charge in [0.15, 0.2) is 0 Å². The Morgan fingerprint density at radius 1 is 1.45 bits per heavy atom. The number of nitrogens with two attached hydrogens (primary N) is 1. The maximum atomic E-state index is 12.1. The van der Waals surface area contributed by atoms with E-state index in [4.69, 9.17) is 5.73 Å². The molecule has 0 unspecified atom stereocenters. The topological polar surface area (TPSA) is 92.1 Å². The Bertz CT molecular complexity index is 704. The third kappa shape index (κ3) is 2.88. The van der Waals surface area contributed by atoms with Crippen LogP contribution in [0.5, 0.6) is 0 Å². The van der Waals surface area contributed by atoms with Gasteiger partial charge < -0.3 is 10.7 Å². The van der Waals surface area contributed by atoms with E-state index in [0.717, 1.165) is 15.3 Å². The van der Waals surface area contributed by atoms with Crippen LogP contribution in [-0.2, 0) is 11.3 Å². The van der Waals surface area contributed by atoms with Crippen LogP contribution in [0.2, 0.25) is 0 Å². The van der Waals surface area contributed by atoms with E-state index in [0.29, 0.717) is 24.3 Å². The molecule has 2 aromatic rings. The van der Waals surface area contributed by atoms with E-state index in [-0.39, 0.29) is 12.1 Å². The second-order valence-electron chi connectivity index (χ2n) is 4.75. The molecule has 6 nitrogen and oxygen atoms in total. The summed E-state index contributed by atoms with van der Waals surface area (Å²) in [6, 6.07) is 0. The molecule has 0 aromatic carbocycles. The number of carbonyl (C=O) groups excluding carboxylic acids is 1. The van der Waals surface area contributed by atoms with Crippen molar-refractivity contribution >= 4 is 27.5 Å². The van der Waals surface area contributed by atoms with Gasteiger partial charge in [0.2, 0.25) is 5.91 Å². The number of thiophene rings is 1. The van der Waals surface area contributed by atoms with Crippen molar-refractivity contribution in [1.82, 2.24) is 14.9 Å². The first kappa shape index (κ1) is 14.7. The van der Waals surface area contributed by atoms with Crippen LogP contribution < -0.4 is 11.3 Å². The van der Waals surface area contributed by atoms with Crippen molar-refractivity contribution < 1.29 is 4.79 Å². The SMILES string of the molecule is CCN(CC(N)=O)Cc1nc2sc(C)c(C)c2c(=O)[nH]1. The number of primary amides is 1. The number of fused-ring (bicyclic) bond motifs is 1. The monoisotopic (exact) mass is 294 g/mol. The number of aryl methyl sites for hydroxylation is 2. The predicted octanol–water partition coefficient (Wildman–Crippen LogP) is 0.909. The summed E-state index contributed by atoms with van der Waals surface area (Å²) in [6.07, 6.45) is 0. The summed E-state index contributed by atoms with van der Waals surface area (Å²) in [7, 11) is 0. The van der Waals surface area contributed by atoms with Crippen LogP contribution in [0.25, 0.3) is 10.2 Å². The molecule has 0 saturated carbocycles. The standard InChI is InChI=1S/C13H18N4O2S/c1-4-17(5-9(14)18)6-10-15-12(19)11-7(2)8(3)20-13(11)16-10/h4-6H2,1-3H3,(H2,14,18)(H,15,16,19). The largest absolute Gasteiger partial charge is 0.369 e. The fraction of sp³-hybridized carbons (Fsp3) is 0.462. The molecule has 0 radical (unpaired) electrons. The zero-order valence-electron chi connectivity index (χ0n) is 11.8. The third-order valence-corrected chi connectivity index (χ3v) is 4.39. The second-order valence-corrected chi connectivity index (χ2v) is 5.95. The highest BCUT2D eigenvalue weighted by Crippen LogP contribution is 2.25. The van der Waals surface area contributed by atoms with Gasteiger partial charge in [-0.1, -0.05) is 6.92 Å². The van der Waals surface area contributed by atoms with E-state index in [1.165, 1.54) is 11.3 Å². The van der Waals surface area contributed by atoms with Crippen molar-refractivity contribution in [2.24, 2.45) is 5.73 Å². The van der Waals surface area contributed by atoms with Crippen molar-refractivity contribution in [2.45, 2.75) is 27.3 Å². The average Bonchev–Trinajstić information content (AvgIpc) is 2.63. The molecule has 0 saturated heterocycles. The smallest absolute Gasteiger partial charge is 0.259 e. The van der Waals surface area contributed by atoms with Gasteiger partial charge in [0.25, 0.3) is 5.56 Å². The summed E-state index contributed by atoms with van der Waals surface area (Å²) in [5, 5.41) is 0.661. The van der Waals surface area contributed by atoms with E-state index in [9.17, 15) is 9.59 Å². The number of likely N-dealkylation sites (N-methyl/N-ethyl adjacent to an activating group) is 1. The first-order valence-corrected chi connectivity index (χ1v) is 7.23. The molecule has 108 valence electrons. The number of hydrogen-bond donors (Lipinski definition) is 2. The van der Waals surface area contributed by atoms with Crippen molar-refractivity contribution in [3.63, 3.8) is 0 Å². The summed E-state index contributed by atoms with van der Waals surface area (Å²) < 4.78 is 0. The molecule has 3 N–H and O–H groups in total. The highest BCUT2D eigenvalue weighted by atomic mass is 32.1. The Morgan fingerprint density at radius 2 is 2.15 bits per heavy atom. The molecular formula is C13H18N4O2S. The number of aromatic nitrogens is 2. The minimum absolute atomic E-state index is 0.123. The predicted molar refractivity (Wildman–Crippen MR) is 79.9 cm³/mol. The first-order valence-electron chi connectivity index (χ1n) is 6.42. The lowest BCUT2D eigenvalue weighted by Crippen LogP contribution is -2.34. The Hall–Kier alpha value is -1.73. The van der Waals surface area contributed by atoms with Gasteiger partial charge in [0.05, 0.1) is 18.5 Å². The van der Waals surface area contributed by atoms with E-state index in [1.807, 2.05) is 25.7 Å². The van der Waals surface area contributed by atoms with E-state index in [2.05, 4.69) is 9.97 Å². The lowest BCUT2D eigenvalue weighted by Gasteiger charge is -2.17. The Labute approximate surface area is 120 Å². The number of rotatable bonds is 5. The zero-order chi connectivity index (χ0) is 14.9. The number of nitrogens with zero attached hydrogens (tertiary/aromatic N) is 2. The number of carbonyl (C=O) groups is 1. The van der Waals surface area contributed by atoms with Crippen molar-refractivity contribution in [2.75, 3.05) is 13.1 Å². The van der Waals surface area contributed by atoms with Gasteiger partial charge in [-0.25, -0.2) is 4.98 Å². The van der Waals surface area contributed by atoms with Gasteiger partial charge in [0, 0.05) is 4.88 Å². The summed E-state index contributed by atoms with van der Waals surface area (Å²) >= 11 is 1.51. The number of nitrogens with one attached hydrogen (secondary N) is 1. The average molecular weight is 294 g/mol. The molecule has 0 bridgehead atoms. The van der Waals surface area contributed by atoms with Crippen LogP contribution in [0.4, 0.5) is 0 Å². The molecule has 0 atom stereocenters. The fourth-order valence-electron chi connectivity index (χ4n) is 2.09. The zero-order valence-corrected chi connectivity index (χ0v) is 12.6. The summed E-state index contributed by atoms with van der Waals surface area (Å²) in [5.41, 5.74) is 6.05. The summed E-state index contributed by atoms with van der Waals surface area (Å²) in [5.74, 6) is 0.171. The molecular weight excluding hydrogens is 276 g/mol. The number of amides is 1. The molecule has 0 aliphatic rings. The molecule has 2 rings (SSSR count). The van der Waals surface area contributed by atoms with Gasteiger partial charge >= 0.3 is 0 Å². The number of aromatic amines is 1. The van der Waals surface area contributed by atoms with Crippen LogP contribution in [0.3, 0.4) is 0 Å². The Kier molecular flexibility index (Phi) is 4.20. The quantitative estimate of drug-likeness (QED) is 0.857. The molecule has 1 amide bonds. The third-order valence-electron chi connectivity index (χ3n) is 3.29. The Morgan fingerprint density at radius 3 is 2.75 bits per heavy atom. The highest BCUT2D eigenvalue weighted by molar-refractivity contribution is 7.18. The molecule has 0 spiro atoms. The van der Waals surface area contributed by atoms with Crippen molar-refractivity contribution in [3.05, 3.63) is 26.6 Å². The van der Waals surface area contributed by atoms with Crippen LogP contribution in [-0.4, -0.2) is 33.9 Å². The van der Waals surface area contributed by atoms with Crippen molar-refractivity contribution in [3.8, 4) is 0 Å². The van der Waals surface area contributed by atoms with E-state index >= 15 is 0 Å². The van der Waals surface area contributed by atoms with Gasteiger partial charge in [-0.3, -0.25) is 14.5 Å². The Balaban J connectivity index is 2.36. The molecule has 0 aliphatic carbocycles. The van der Waals surface area contributed by atoms with Crippen LogP contribution in [0.1, 0.15) is 23.2 Å². The fourth-order valence-corrected chi connectivity index (χ4v) is 3.13. The number of H-pyrrole nitrogens is 1. The molecule has 7 heteroatoms. The molecule has 0 fully saturated rings.